The zero-order valence-corrected chi connectivity index (χ0v) is 17.6. The lowest BCUT2D eigenvalue weighted by molar-refractivity contribution is -0.115. The van der Waals surface area contributed by atoms with E-state index in [9.17, 15) is 14.4 Å². The Labute approximate surface area is 177 Å². The molecule has 0 aliphatic carbocycles. The van der Waals surface area contributed by atoms with Crippen LogP contribution in [0, 0.1) is 0 Å². The van der Waals surface area contributed by atoms with Gasteiger partial charge in [-0.3, -0.25) is 9.59 Å². The molecule has 0 saturated carbocycles. The Morgan fingerprint density at radius 2 is 1.57 bits per heavy atom. The van der Waals surface area contributed by atoms with Crippen molar-refractivity contribution in [3.8, 4) is 0 Å². The summed E-state index contributed by atoms with van der Waals surface area (Å²) >= 11 is 0. The molecule has 0 fully saturated rings. The SMILES string of the molecule is CCC(=O)Nc1ccc(NC(=O)NCc2cccc(C(=O)NCCN(C)C)c2)cc1. The molecule has 0 aliphatic rings. The number of amides is 4. The van der Waals surface area contributed by atoms with Crippen molar-refractivity contribution in [2.24, 2.45) is 0 Å². The Hall–Kier alpha value is -3.39. The van der Waals surface area contributed by atoms with Gasteiger partial charge in [-0.15, -0.1) is 0 Å². The number of benzene rings is 2. The van der Waals surface area contributed by atoms with Crippen LogP contribution >= 0.6 is 0 Å². The monoisotopic (exact) mass is 411 g/mol. The molecule has 2 aromatic carbocycles. The molecule has 4 amide bonds. The second-order valence-electron chi connectivity index (χ2n) is 7.05. The molecule has 0 unspecified atom stereocenters. The molecule has 0 spiro atoms. The van der Waals surface area contributed by atoms with Crippen molar-refractivity contribution in [1.29, 1.82) is 0 Å². The molecule has 0 radical (unpaired) electrons. The van der Waals surface area contributed by atoms with E-state index in [0.29, 0.717) is 29.9 Å². The van der Waals surface area contributed by atoms with E-state index in [-0.39, 0.29) is 24.4 Å². The zero-order chi connectivity index (χ0) is 21.9. The van der Waals surface area contributed by atoms with Gasteiger partial charge in [0.15, 0.2) is 0 Å². The number of hydrogen-bond acceptors (Lipinski definition) is 4. The fourth-order valence-corrected chi connectivity index (χ4v) is 2.56. The summed E-state index contributed by atoms with van der Waals surface area (Å²) in [6, 6.07) is 13.7. The number of rotatable bonds is 9. The number of nitrogens with one attached hydrogen (secondary N) is 4. The van der Waals surface area contributed by atoms with E-state index in [1.165, 1.54) is 0 Å². The summed E-state index contributed by atoms with van der Waals surface area (Å²) in [6.45, 7) is 3.40. The summed E-state index contributed by atoms with van der Waals surface area (Å²) < 4.78 is 0. The van der Waals surface area contributed by atoms with Gasteiger partial charge in [0.25, 0.3) is 5.91 Å². The van der Waals surface area contributed by atoms with Crippen LogP contribution in [0.5, 0.6) is 0 Å². The van der Waals surface area contributed by atoms with Crippen LogP contribution in [0.4, 0.5) is 16.2 Å². The van der Waals surface area contributed by atoms with E-state index in [2.05, 4.69) is 21.3 Å². The molecule has 0 bridgehead atoms. The molecule has 0 aromatic heterocycles. The first-order valence-electron chi connectivity index (χ1n) is 9.84. The van der Waals surface area contributed by atoms with E-state index < -0.39 is 0 Å². The van der Waals surface area contributed by atoms with E-state index in [0.717, 1.165) is 12.1 Å². The molecular formula is C22H29N5O3. The van der Waals surface area contributed by atoms with Crippen molar-refractivity contribution in [3.63, 3.8) is 0 Å². The summed E-state index contributed by atoms with van der Waals surface area (Å²) in [5, 5.41) is 11.1. The smallest absolute Gasteiger partial charge is 0.319 e. The van der Waals surface area contributed by atoms with Crippen LogP contribution < -0.4 is 21.3 Å². The summed E-state index contributed by atoms with van der Waals surface area (Å²) in [7, 11) is 3.89. The van der Waals surface area contributed by atoms with Crippen molar-refractivity contribution in [2.75, 3.05) is 37.8 Å². The number of anilines is 2. The molecule has 160 valence electrons. The molecule has 8 heteroatoms. The number of carbonyl (C=O) groups excluding carboxylic acids is 3. The van der Waals surface area contributed by atoms with Crippen LogP contribution in [-0.2, 0) is 11.3 Å². The number of urea groups is 1. The zero-order valence-electron chi connectivity index (χ0n) is 17.6. The maximum Gasteiger partial charge on any atom is 0.319 e. The van der Waals surface area contributed by atoms with Crippen LogP contribution in [0.2, 0.25) is 0 Å². The van der Waals surface area contributed by atoms with Gasteiger partial charge in [-0.25, -0.2) is 4.79 Å². The molecule has 0 heterocycles. The van der Waals surface area contributed by atoms with Gasteiger partial charge in [-0.05, 0) is 56.1 Å². The first-order chi connectivity index (χ1) is 14.4. The largest absolute Gasteiger partial charge is 0.351 e. The van der Waals surface area contributed by atoms with Crippen molar-refractivity contribution < 1.29 is 14.4 Å². The van der Waals surface area contributed by atoms with E-state index >= 15 is 0 Å². The summed E-state index contributed by atoms with van der Waals surface area (Å²) in [6.07, 6.45) is 0.404. The van der Waals surface area contributed by atoms with Crippen LogP contribution in [-0.4, -0.2) is 49.9 Å². The average molecular weight is 412 g/mol. The number of carbonyl (C=O) groups is 3. The average Bonchev–Trinajstić information content (AvgIpc) is 2.73. The lowest BCUT2D eigenvalue weighted by Gasteiger charge is -2.11. The lowest BCUT2D eigenvalue weighted by Crippen LogP contribution is -2.31. The van der Waals surface area contributed by atoms with E-state index in [1.54, 1.807) is 49.4 Å². The Morgan fingerprint density at radius 1 is 0.900 bits per heavy atom. The second-order valence-corrected chi connectivity index (χ2v) is 7.05. The van der Waals surface area contributed by atoms with Gasteiger partial charge in [0, 0.05) is 43.0 Å². The molecule has 4 N–H and O–H groups in total. The highest BCUT2D eigenvalue weighted by Gasteiger charge is 2.07. The number of nitrogens with zero attached hydrogens (tertiary/aromatic N) is 1. The number of likely N-dealkylation sites (N-methyl/N-ethyl adjacent to an activating group) is 1. The minimum Gasteiger partial charge on any atom is -0.351 e. The minimum atomic E-state index is -0.360. The van der Waals surface area contributed by atoms with Gasteiger partial charge in [-0.2, -0.15) is 0 Å². The van der Waals surface area contributed by atoms with Crippen molar-refractivity contribution in [1.82, 2.24) is 15.5 Å². The topological polar surface area (TPSA) is 103 Å². The van der Waals surface area contributed by atoms with Crippen LogP contribution in [0.25, 0.3) is 0 Å². The highest BCUT2D eigenvalue weighted by molar-refractivity contribution is 5.94. The van der Waals surface area contributed by atoms with Gasteiger partial charge in [-0.1, -0.05) is 19.1 Å². The Balaban J connectivity index is 1.83. The van der Waals surface area contributed by atoms with E-state index in [1.807, 2.05) is 25.1 Å². The maximum absolute atomic E-state index is 12.2. The van der Waals surface area contributed by atoms with Gasteiger partial charge in [0.05, 0.1) is 0 Å². The Bertz CT molecular complexity index is 865. The van der Waals surface area contributed by atoms with Gasteiger partial charge < -0.3 is 26.2 Å². The van der Waals surface area contributed by atoms with Crippen LogP contribution in [0.1, 0.15) is 29.3 Å². The highest BCUT2D eigenvalue weighted by atomic mass is 16.2. The fourth-order valence-electron chi connectivity index (χ4n) is 2.56. The maximum atomic E-state index is 12.2. The predicted octanol–water partition coefficient (Wildman–Crippen LogP) is 2.65. The molecule has 0 saturated heterocycles. The van der Waals surface area contributed by atoms with Crippen molar-refractivity contribution >= 4 is 29.2 Å². The first kappa shape index (κ1) is 22.9. The molecule has 2 aromatic rings. The van der Waals surface area contributed by atoms with Crippen molar-refractivity contribution in [2.45, 2.75) is 19.9 Å². The standard InChI is InChI=1S/C22H29N5O3/c1-4-20(28)25-18-8-10-19(11-9-18)26-22(30)24-15-16-6-5-7-17(14-16)21(29)23-12-13-27(2)3/h5-11,14H,4,12-13,15H2,1-3H3,(H,23,29)(H,25,28)(H2,24,26,30). The van der Waals surface area contributed by atoms with E-state index in [4.69, 9.17) is 0 Å². The first-order valence-corrected chi connectivity index (χ1v) is 9.84. The Morgan fingerprint density at radius 3 is 2.20 bits per heavy atom. The molecular weight excluding hydrogens is 382 g/mol. The van der Waals surface area contributed by atoms with Crippen molar-refractivity contribution in [3.05, 3.63) is 59.7 Å². The van der Waals surface area contributed by atoms with Crippen LogP contribution in [0.3, 0.4) is 0 Å². The normalized spacial score (nSPS) is 10.4. The quantitative estimate of drug-likeness (QED) is 0.509. The highest BCUT2D eigenvalue weighted by Crippen LogP contribution is 2.14. The molecule has 0 aliphatic heterocycles. The number of hydrogen-bond donors (Lipinski definition) is 4. The molecule has 0 atom stereocenters. The fraction of sp³-hybridized carbons (Fsp3) is 0.318. The second kappa shape index (κ2) is 11.6. The third-order valence-electron chi connectivity index (χ3n) is 4.23. The third kappa shape index (κ3) is 7.92. The van der Waals surface area contributed by atoms with Crippen LogP contribution in [0.15, 0.2) is 48.5 Å². The summed E-state index contributed by atoms with van der Waals surface area (Å²) in [5.74, 6) is -0.208. The third-order valence-corrected chi connectivity index (χ3v) is 4.23. The Kier molecular flexibility index (Phi) is 8.83. The molecule has 8 nitrogen and oxygen atoms in total. The molecule has 2 rings (SSSR count). The van der Waals surface area contributed by atoms with Gasteiger partial charge in [0.1, 0.15) is 0 Å². The van der Waals surface area contributed by atoms with Gasteiger partial charge in [0.2, 0.25) is 5.91 Å². The molecule has 30 heavy (non-hydrogen) atoms. The predicted molar refractivity (Wildman–Crippen MR) is 119 cm³/mol. The summed E-state index contributed by atoms with van der Waals surface area (Å²) in [5.41, 5.74) is 2.66. The lowest BCUT2D eigenvalue weighted by atomic mass is 10.1. The minimum absolute atomic E-state index is 0.0675. The van der Waals surface area contributed by atoms with Gasteiger partial charge >= 0.3 is 6.03 Å². The summed E-state index contributed by atoms with van der Waals surface area (Å²) in [4.78, 5) is 37.7.